The average Bonchev–Trinajstić information content (AvgIpc) is 3.34. The lowest BCUT2D eigenvalue weighted by molar-refractivity contribution is 0.121. The molecule has 1 aliphatic rings. The molecular weight excluding hydrogens is 424 g/mol. The number of para-hydroxylation sites is 1. The molecule has 4 heterocycles. The second-order valence-electron chi connectivity index (χ2n) is 6.95. The van der Waals surface area contributed by atoms with E-state index in [1.165, 1.54) is 4.57 Å². The maximum atomic E-state index is 12.6. The Bertz CT molecular complexity index is 1300. The van der Waals surface area contributed by atoms with Crippen LogP contribution >= 0.6 is 23.1 Å². The van der Waals surface area contributed by atoms with E-state index >= 15 is 0 Å². The van der Waals surface area contributed by atoms with E-state index in [0.717, 1.165) is 20.3 Å². The topological polar surface area (TPSA) is 98.0 Å². The zero-order chi connectivity index (χ0) is 20.7. The first kappa shape index (κ1) is 19.3. The summed E-state index contributed by atoms with van der Waals surface area (Å²) < 4.78 is 10.9. The number of nitrogens with zero attached hydrogens (tertiary/aromatic N) is 5. The van der Waals surface area contributed by atoms with Crippen molar-refractivity contribution in [3.63, 3.8) is 0 Å². The molecule has 9 nitrogen and oxygen atoms in total. The van der Waals surface area contributed by atoms with Crippen molar-refractivity contribution in [1.29, 1.82) is 0 Å². The first-order valence-corrected chi connectivity index (χ1v) is 11.4. The molecule has 0 aliphatic carbocycles. The van der Waals surface area contributed by atoms with Crippen molar-refractivity contribution in [3.05, 3.63) is 45.1 Å². The molecule has 4 aromatic rings. The van der Waals surface area contributed by atoms with Crippen LogP contribution in [0.2, 0.25) is 0 Å². The smallest absolute Gasteiger partial charge is 0.329 e. The third kappa shape index (κ3) is 3.42. The van der Waals surface area contributed by atoms with Crippen molar-refractivity contribution in [2.75, 3.05) is 37.0 Å². The molecule has 11 heteroatoms. The minimum atomic E-state index is -0.463. The summed E-state index contributed by atoms with van der Waals surface area (Å²) in [5.74, 6) is 1.43. The summed E-state index contributed by atoms with van der Waals surface area (Å²) in [5, 5.41) is 0. The largest absolute Gasteiger partial charge is 0.378 e. The Labute approximate surface area is 179 Å². The number of aromatic amines is 1. The third-order valence-corrected chi connectivity index (χ3v) is 7.26. The van der Waals surface area contributed by atoms with E-state index in [1.54, 1.807) is 30.1 Å². The van der Waals surface area contributed by atoms with E-state index in [-0.39, 0.29) is 0 Å². The number of anilines is 1. The van der Waals surface area contributed by atoms with E-state index in [4.69, 9.17) is 4.74 Å². The van der Waals surface area contributed by atoms with Crippen molar-refractivity contribution in [2.24, 2.45) is 7.05 Å². The van der Waals surface area contributed by atoms with Crippen LogP contribution in [0.5, 0.6) is 0 Å². The second-order valence-corrected chi connectivity index (χ2v) is 9.32. The quantitative estimate of drug-likeness (QED) is 0.468. The summed E-state index contributed by atoms with van der Waals surface area (Å²) >= 11 is 3.32. The predicted molar refractivity (Wildman–Crippen MR) is 119 cm³/mol. The third-order valence-electron chi connectivity index (χ3n) is 5.10. The Hall–Kier alpha value is -2.63. The van der Waals surface area contributed by atoms with Crippen LogP contribution in [0, 0.1) is 0 Å². The number of morpholine rings is 1. The molecule has 0 atom stereocenters. The Balaban J connectivity index is 1.48. The van der Waals surface area contributed by atoms with Gasteiger partial charge >= 0.3 is 5.69 Å². The Morgan fingerprint density at radius 1 is 1.20 bits per heavy atom. The van der Waals surface area contributed by atoms with Crippen molar-refractivity contribution in [3.8, 4) is 0 Å². The number of imidazole rings is 1. The highest BCUT2D eigenvalue weighted by atomic mass is 32.2. The number of rotatable bonds is 5. The predicted octanol–water partition coefficient (Wildman–Crippen LogP) is 1.66. The molecule has 1 aliphatic heterocycles. The molecule has 3 aromatic heterocycles. The molecule has 0 radical (unpaired) electrons. The summed E-state index contributed by atoms with van der Waals surface area (Å²) in [6, 6.07) is 8.07. The molecule has 1 fully saturated rings. The molecule has 1 saturated heterocycles. The number of hydrogen-bond donors (Lipinski definition) is 1. The van der Waals surface area contributed by atoms with E-state index in [2.05, 4.69) is 25.9 Å². The maximum Gasteiger partial charge on any atom is 0.329 e. The number of ether oxygens (including phenoxy) is 1. The van der Waals surface area contributed by atoms with Crippen molar-refractivity contribution < 1.29 is 4.74 Å². The van der Waals surface area contributed by atoms with Gasteiger partial charge in [0.05, 0.1) is 23.4 Å². The maximum absolute atomic E-state index is 12.6. The minimum absolute atomic E-state index is 0.398. The van der Waals surface area contributed by atoms with Gasteiger partial charge < -0.3 is 14.2 Å². The fourth-order valence-electron chi connectivity index (χ4n) is 3.58. The molecular formula is C19H20N6O3S2. The van der Waals surface area contributed by atoms with Gasteiger partial charge in [-0.15, -0.1) is 11.3 Å². The molecule has 5 rings (SSSR count). The Morgan fingerprint density at radius 3 is 2.80 bits per heavy atom. The lowest BCUT2D eigenvalue weighted by Gasteiger charge is -2.28. The number of aromatic nitrogens is 5. The first-order valence-electron chi connectivity index (χ1n) is 9.62. The molecule has 0 spiro atoms. The highest BCUT2D eigenvalue weighted by Crippen LogP contribution is 2.30. The number of thiazole rings is 1. The summed E-state index contributed by atoms with van der Waals surface area (Å²) in [5.41, 5.74) is 0.942. The number of thioether (sulfide) groups is 1. The van der Waals surface area contributed by atoms with E-state index in [1.807, 2.05) is 22.8 Å². The summed E-state index contributed by atoms with van der Waals surface area (Å²) in [6.07, 6.45) is 0. The fraction of sp³-hybridized carbons (Fsp3) is 0.368. The normalized spacial score (nSPS) is 14.8. The van der Waals surface area contributed by atoms with Crippen molar-refractivity contribution in [1.82, 2.24) is 24.1 Å². The van der Waals surface area contributed by atoms with Gasteiger partial charge in [-0.25, -0.2) is 9.78 Å². The fourth-order valence-corrected chi connectivity index (χ4v) is 5.64. The molecule has 0 unspecified atom stereocenters. The van der Waals surface area contributed by atoms with Crippen LogP contribution < -0.4 is 16.1 Å². The number of nitrogens with one attached hydrogen (secondary N) is 1. The average molecular weight is 445 g/mol. The van der Waals surface area contributed by atoms with Crippen molar-refractivity contribution in [2.45, 2.75) is 10.9 Å². The molecule has 0 amide bonds. The van der Waals surface area contributed by atoms with Gasteiger partial charge in [0.25, 0.3) is 5.56 Å². The molecule has 30 heavy (non-hydrogen) atoms. The van der Waals surface area contributed by atoms with Gasteiger partial charge in [-0.1, -0.05) is 23.9 Å². The molecule has 1 aromatic carbocycles. The minimum Gasteiger partial charge on any atom is -0.378 e. The number of aryl methyl sites for hydroxylation is 2. The van der Waals surface area contributed by atoms with Crippen LogP contribution in [0.15, 0.2) is 38.2 Å². The van der Waals surface area contributed by atoms with Gasteiger partial charge in [0.1, 0.15) is 0 Å². The lowest BCUT2D eigenvalue weighted by Crippen LogP contribution is -2.38. The van der Waals surface area contributed by atoms with Gasteiger partial charge in [-0.2, -0.15) is 4.98 Å². The molecule has 0 saturated carbocycles. The van der Waals surface area contributed by atoms with Gasteiger partial charge in [-0.05, 0) is 12.1 Å². The summed E-state index contributed by atoms with van der Waals surface area (Å²) in [7, 11) is 1.62. The zero-order valence-corrected chi connectivity index (χ0v) is 18.0. The highest BCUT2D eigenvalue weighted by molar-refractivity contribution is 8.01. The highest BCUT2D eigenvalue weighted by Gasteiger charge is 2.23. The number of benzene rings is 1. The van der Waals surface area contributed by atoms with Crippen LogP contribution in [-0.4, -0.2) is 56.1 Å². The Morgan fingerprint density at radius 2 is 2.00 bits per heavy atom. The van der Waals surface area contributed by atoms with Gasteiger partial charge in [0, 0.05) is 32.4 Å². The number of fused-ring (bicyclic) bond motifs is 2. The lowest BCUT2D eigenvalue weighted by atomic mass is 10.3. The van der Waals surface area contributed by atoms with Crippen LogP contribution in [0.3, 0.4) is 0 Å². The van der Waals surface area contributed by atoms with Crippen LogP contribution in [0.1, 0.15) is 0 Å². The number of H-pyrrole nitrogens is 1. The second kappa shape index (κ2) is 7.89. The summed E-state index contributed by atoms with van der Waals surface area (Å²) in [4.78, 5) is 38.5. The molecule has 0 bridgehead atoms. The van der Waals surface area contributed by atoms with Gasteiger partial charge in [0.15, 0.2) is 15.5 Å². The van der Waals surface area contributed by atoms with Crippen LogP contribution in [-0.2, 0) is 18.3 Å². The molecule has 156 valence electrons. The Kier molecular flexibility index (Phi) is 5.09. The van der Waals surface area contributed by atoms with E-state index in [9.17, 15) is 9.59 Å². The zero-order valence-electron chi connectivity index (χ0n) is 16.3. The van der Waals surface area contributed by atoms with E-state index in [0.29, 0.717) is 50.0 Å². The van der Waals surface area contributed by atoms with Crippen LogP contribution in [0.4, 0.5) is 5.95 Å². The van der Waals surface area contributed by atoms with Gasteiger partial charge in [-0.3, -0.25) is 14.3 Å². The first-order chi connectivity index (χ1) is 14.6. The van der Waals surface area contributed by atoms with Gasteiger partial charge in [0.2, 0.25) is 5.95 Å². The summed E-state index contributed by atoms with van der Waals surface area (Å²) in [6.45, 7) is 3.18. The van der Waals surface area contributed by atoms with Crippen LogP contribution in [0.25, 0.3) is 21.4 Å². The SMILES string of the molecule is Cn1c(=O)[nH]c(=O)c2c1nc(N1CCOCC1)n2CCSc1nc2ccccc2s1. The number of hydrogen-bond acceptors (Lipinski definition) is 8. The van der Waals surface area contributed by atoms with Crippen molar-refractivity contribution >= 4 is 50.4 Å². The molecule has 1 N–H and O–H groups in total. The monoisotopic (exact) mass is 444 g/mol. The van der Waals surface area contributed by atoms with E-state index < -0.39 is 11.2 Å². The standard InChI is InChI=1S/C19H20N6O3S2/c1-23-15-14(16(26)22-18(23)27)25(17(21-15)24-6-9-28-10-7-24)8-11-29-19-20-12-4-2-3-5-13(12)30-19/h2-5H,6-11H2,1H3,(H,22,26,27).